The lowest BCUT2D eigenvalue weighted by molar-refractivity contribution is 0.563. The van der Waals surface area contributed by atoms with Gasteiger partial charge in [-0.1, -0.05) is 41.4 Å². The molecule has 0 bridgehead atoms. The molecule has 2 aromatic carbocycles. The lowest BCUT2D eigenvalue weighted by Crippen LogP contribution is -2.18. The van der Waals surface area contributed by atoms with Crippen molar-refractivity contribution in [3.63, 3.8) is 0 Å². The molecule has 0 aliphatic heterocycles. The molecule has 0 radical (unpaired) electrons. The summed E-state index contributed by atoms with van der Waals surface area (Å²) in [5.74, 6) is -0.180. The Morgan fingerprint density at radius 2 is 1.90 bits per heavy atom. The molecule has 0 aliphatic carbocycles. The van der Waals surface area contributed by atoms with Crippen LogP contribution in [0.15, 0.2) is 36.4 Å². The average Bonchev–Trinajstić information content (AvgIpc) is 2.40. The van der Waals surface area contributed by atoms with Gasteiger partial charge < -0.3 is 5.32 Å². The molecule has 0 aromatic heterocycles. The van der Waals surface area contributed by atoms with Gasteiger partial charge in [0.05, 0.1) is 0 Å². The molecule has 0 heterocycles. The lowest BCUT2D eigenvalue weighted by Gasteiger charge is -2.15. The summed E-state index contributed by atoms with van der Waals surface area (Å²) in [6.45, 7) is 4.35. The van der Waals surface area contributed by atoms with E-state index >= 15 is 0 Å². The van der Waals surface area contributed by atoms with Crippen LogP contribution in [-0.4, -0.2) is 0 Å². The zero-order valence-corrected chi connectivity index (χ0v) is 12.9. The molecule has 1 N–H and O–H groups in total. The summed E-state index contributed by atoms with van der Waals surface area (Å²) in [7, 11) is 0. The van der Waals surface area contributed by atoms with Crippen LogP contribution < -0.4 is 5.32 Å². The van der Waals surface area contributed by atoms with Crippen LogP contribution in [0, 0.1) is 12.7 Å². The largest absolute Gasteiger partial charge is 0.306 e. The van der Waals surface area contributed by atoms with Crippen molar-refractivity contribution >= 4 is 23.2 Å². The van der Waals surface area contributed by atoms with E-state index in [1.807, 2.05) is 19.1 Å². The van der Waals surface area contributed by atoms with Crippen molar-refractivity contribution in [1.82, 2.24) is 5.32 Å². The second-order valence-electron chi connectivity index (χ2n) is 4.85. The van der Waals surface area contributed by atoms with Gasteiger partial charge in [-0.3, -0.25) is 0 Å². The second-order valence-corrected chi connectivity index (χ2v) is 5.69. The molecule has 2 aromatic rings. The van der Waals surface area contributed by atoms with Gasteiger partial charge in [-0.15, -0.1) is 0 Å². The monoisotopic (exact) mass is 311 g/mol. The fourth-order valence-electron chi connectivity index (χ4n) is 1.92. The fraction of sp³-hybridized carbons (Fsp3) is 0.250. The Morgan fingerprint density at radius 3 is 2.55 bits per heavy atom. The highest BCUT2D eigenvalue weighted by Crippen LogP contribution is 2.22. The van der Waals surface area contributed by atoms with Crippen LogP contribution in [0.4, 0.5) is 4.39 Å². The zero-order chi connectivity index (χ0) is 14.7. The highest BCUT2D eigenvalue weighted by Gasteiger charge is 2.08. The maximum absolute atomic E-state index is 13.5. The van der Waals surface area contributed by atoms with Crippen LogP contribution in [0.5, 0.6) is 0 Å². The number of rotatable bonds is 4. The van der Waals surface area contributed by atoms with Crippen molar-refractivity contribution in [2.24, 2.45) is 0 Å². The van der Waals surface area contributed by atoms with Gasteiger partial charge in [0.25, 0.3) is 0 Å². The van der Waals surface area contributed by atoms with Gasteiger partial charge in [0.2, 0.25) is 0 Å². The molecule has 4 heteroatoms. The number of halogens is 3. The molecule has 0 amide bonds. The maximum Gasteiger partial charge on any atom is 0.126 e. The number of aryl methyl sites for hydroxylation is 1. The minimum Gasteiger partial charge on any atom is -0.306 e. The van der Waals surface area contributed by atoms with E-state index in [1.165, 1.54) is 0 Å². The Kier molecular flexibility index (Phi) is 5.03. The van der Waals surface area contributed by atoms with Gasteiger partial charge in [-0.25, -0.2) is 4.39 Å². The van der Waals surface area contributed by atoms with E-state index < -0.39 is 0 Å². The summed E-state index contributed by atoms with van der Waals surface area (Å²) >= 11 is 12.0. The van der Waals surface area contributed by atoms with E-state index in [1.54, 1.807) is 31.2 Å². The topological polar surface area (TPSA) is 12.0 Å². The van der Waals surface area contributed by atoms with Gasteiger partial charge in [0, 0.05) is 22.6 Å². The molecule has 0 saturated heterocycles. The Morgan fingerprint density at radius 1 is 1.15 bits per heavy atom. The van der Waals surface area contributed by atoms with Crippen molar-refractivity contribution in [3.8, 4) is 0 Å². The lowest BCUT2D eigenvalue weighted by atomic mass is 10.1. The van der Waals surface area contributed by atoms with Crippen LogP contribution in [0.2, 0.25) is 10.0 Å². The number of hydrogen-bond donors (Lipinski definition) is 1. The van der Waals surface area contributed by atoms with Crippen molar-refractivity contribution in [1.29, 1.82) is 0 Å². The molecule has 0 aliphatic rings. The van der Waals surface area contributed by atoms with E-state index in [9.17, 15) is 4.39 Å². The van der Waals surface area contributed by atoms with Crippen molar-refractivity contribution in [3.05, 3.63) is 69.0 Å². The van der Waals surface area contributed by atoms with Gasteiger partial charge in [-0.2, -0.15) is 0 Å². The Hall–Kier alpha value is -1.09. The molecule has 1 unspecified atom stereocenters. The molecule has 1 nitrogen and oxygen atoms in total. The zero-order valence-electron chi connectivity index (χ0n) is 11.4. The third-order valence-corrected chi connectivity index (χ3v) is 3.90. The van der Waals surface area contributed by atoms with E-state index in [0.29, 0.717) is 22.2 Å². The van der Waals surface area contributed by atoms with Crippen LogP contribution in [0.25, 0.3) is 0 Å². The quantitative estimate of drug-likeness (QED) is 0.808. The predicted octanol–water partition coefficient (Wildman–Crippen LogP) is 5.29. The van der Waals surface area contributed by atoms with Crippen LogP contribution in [0.1, 0.15) is 29.7 Å². The van der Waals surface area contributed by atoms with Crippen LogP contribution in [-0.2, 0) is 6.54 Å². The number of benzene rings is 2. The molecular formula is C16H16Cl2FN. The number of hydrogen-bond acceptors (Lipinski definition) is 1. The first-order valence-electron chi connectivity index (χ1n) is 6.40. The van der Waals surface area contributed by atoms with E-state index in [2.05, 4.69) is 5.32 Å². The molecule has 0 spiro atoms. The molecular weight excluding hydrogens is 296 g/mol. The molecule has 106 valence electrons. The number of nitrogens with one attached hydrogen (secondary N) is 1. The Labute approximate surface area is 128 Å². The van der Waals surface area contributed by atoms with Gasteiger partial charge in [0.15, 0.2) is 0 Å². The minimum absolute atomic E-state index is 0.0387. The van der Waals surface area contributed by atoms with Gasteiger partial charge >= 0.3 is 0 Å². The first-order valence-corrected chi connectivity index (χ1v) is 7.16. The first kappa shape index (κ1) is 15.3. The first-order chi connectivity index (χ1) is 9.47. The molecule has 1 atom stereocenters. The van der Waals surface area contributed by atoms with Gasteiger partial charge in [-0.05, 0) is 48.7 Å². The highest BCUT2D eigenvalue weighted by molar-refractivity contribution is 6.35. The Balaban J connectivity index is 2.04. The van der Waals surface area contributed by atoms with Crippen molar-refractivity contribution in [2.75, 3.05) is 0 Å². The summed E-state index contributed by atoms with van der Waals surface area (Å²) in [6.07, 6.45) is 0. The third-order valence-electron chi connectivity index (χ3n) is 3.31. The van der Waals surface area contributed by atoms with Crippen molar-refractivity contribution < 1.29 is 4.39 Å². The van der Waals surface area contributed by atoms with E-state index in [-0.39, 0.29) is 11.9 Å². The van der Waals surface area contributed by atoms with Gasteiger partial charge in [0.1, 0.15) is 5.82 Å². The fourth-order valence-corrected chi connectivity index (χ4v) is 2.40. The Bertz CT molecular complexity index is 613. The van der Waals surface area contributed by atoms with Crippen molar-refractivity contribution in [2.45, 2.75) is 26.4 Å². The molecule has 2 rings (SSSR count). The maximum atomic E-state index is 13.5. The third kappa shape index (κ3) is 3.72. The average molecular weight is 312 g/mol. The summed E-state index contributed by atoms with van der Waals surface area (Å²) < 4.78 is 13.5. The van der Waals surface area contributed by atoms with Crippen LogP contribution in [0.3, 0.4) is 0 Å². The van der Waals surface area contributed by atoms with Crippen LogP contribution >= 0.6 is 23.2 Å². The molecule has 20 heavy (non-hydrogen) atoms. The molecule has 0 fully saturated rings. The minimum atomic E-state index is -0.180. The highest BCUT2D eigenvalue weighted by atomic mass is 35.5. The SMILES string of the molecule is Cc1ccc(C(C)NCc2ccc(Cl)cc2Cl)cc1F. The molecule has 0 saturated carbocycles. The normalized spacial score (nSPS) is 12.4. The summed E-state index contributed by atoms with van der Waals surface area (Å²) in [5, 5.41) is 4.58. The summed E-state index contributed by atoms with van der Waals surface area (Å²) in [4.78, 5) is 0. The summed E-state index contributed by atoms with van der Waals surface area (Å²) in [5.41, 5.74) is 2.54. The smallest absolute Gasteiger partial charge is 0.126 e. The van der Waals surface area contributed by atoms with E-state index in [0.717, 1.165) is 11.1 Å². The van der Waals surface area contributed by atoms with E-state index in [4.69, 9.17) is 23.2 Å². The summed E-state index contributed by atoms with van der Waals surface area (Å²) in [6, 6.07) is 10.7. The standard InChI is InChI=1S/C16H16Cl2FN/c1-10-3-4-12(7-16(10)19)11(2)20-9-13-5-6-14(17)8-15(13)18/h3-8,11,20H,9H2,1-2H3. The second kappa shape index (κ2) is 6.57. The predicted molar refractivity (Wildman–Crippen MR) is 82.9 cm³/mol.